The van der Waals surface area contributed by atoms with Gasteiger partial charge >= 0.3 is 0 Å². The average molecular weight is 282 g/mol. The molecule has 0 fully saturated rings. The van der Waals surface area contributed by atoms with Crippen molar-refractivity contribution in [2.45, 2.75) is 0 Å². The lowest BCUT2D eigenvalue weighted by molar-refractivity contribution is -0.384. The molecule has 0 spiro atoms. The number of terminal acetylenes is 1. The number of rotatable bonds is 3. The molecule has 0 aliphatic carbocycles. The molecule has 0 saturated heterocycles. The number of phenols is 1. The Bertz CT molecular complexity index is 763. The molecule has 0 aromatic heterocycles. The molecular formula is C15H10N2O4. The second-order valence-corrected chi connectivity index (χ2v) is 4.14. The summed E-state index contributed by atoms with van der Waals surface area (Å²) in [4.78, 5) is 22.1. The van der Waals surface area contributed by atoms with E-state index in [0.29, 0.717) is 11.3 Å². The highest BCUT2D eigenvalue weighted by molar-refractivity contribution is 6.06. The Morgan fingerprint density at radius 2 is 2.05 bits per heavy atom. The van der Waals surface area contributed by atoms with Crippen molar-refractivity contribution in [2.75, 3.05) is 5.32 Å². The van der Waals surface area contributed by atoms with Crippen LogP contribution in [0, 0.1) is 22.5 Å². The predicted octanol–water partition coefficient (Wildman–Crippen LogP) is 2.53. The molecule has 1 amide bonds. The number of carbonyl (C=O) groups excluding carboxylic acids is 1. The number of nitro groups is 1. The molecule has 0 unspecified atom stereocenters. The second-order valence-electron chi connectivity index (χ2n) is 4.14. The fourth-order valence-corrected chi connectivity index (χ4v) is 1.70. The lowest BCUT2D eigenvalue weighted by Gasteiger charge is -2.07. The first-order chi connectivity index (χ1) is 10.0. The zero-order valence-corrected chi connectivity index (χ0v) is 10.7. The van der Waals surface area contributed by atoms with E-state index in [0.717, 1.165) is 18.2 Å². The van der Waals surface area contributed by atoms with Crippen molar-refractivity contribution in [1.82, 2.24) is 0 Å². The summed E-state index contributed by atoms with van der Waals surface area (Å²) in [6.07, 6.45) is 5.26. The van der Waals surface area contributed by atoms with Gasteiger partial charge in [0.1, 0.15) is 5.75 Å². The largest absolute Gasteiger partial charge is 0.507 e. The third-order valence-electron chi connectivity index (χ3n) is 2.72. The lowest BCUT2D eigenvalue weighted by Crippen LogP contribution is -2.12. The van der Waals surface area contributed by atoms with Crippen LogP contribution in [0.4, 0.5) is 11.4 Å². The van der Waals surface area contributed by atoms with Crippen LogP contribution in [0.15, 0.2) is 42.5 Å². The highest BCUT2D eigenvalue weighted by Gasteiger charge is 2.16. The van der Waals surface area contributed by atoms with Gasteiger partial charge in [0.15, 0.2) is 0 Å². The lowest BCUT2D eigenvalue weighted by atomic mass is 10.1. The number of non-ortho nitro benzene ring substituents is 1. The standard InChI is InChI=1S/C15H10N2O4/c1-2-10-4-3-5-11(8-10)16-15(19)13-9-12(17(20)21)6-7-14(13)18/h1,3-9,18H,(H,16,19). The molecule has 0 atom stereocenters. The number of nitrogens with zero attached hydrogens (tertiary/aromatic N) is 1. The van der Waals surface area contributed by atoms with E-state index in [-0.39, 0.29) is 17.0 Å². The summed E-state index contributed by atoms with van der Waals surface area (Å²) >= 11 is 0. The number of aromatic hydroxyl groups is 1. The molecule has 2 aromatic carbocycles. The van der Waals surface area contributed by atoms with Crippen molar-refractivity contribution < 1.29 is 14.8 Å². The molecule has 0 aliphatic heterocycles. The number of carbonyl (C=O) groups is 1. The number of nitro benzene ring substituents is 1. The maximum Gasteiger partial charge on any atom is 0.270 e. The predicted molar refractivity (Wildman–Crippen MR) is 77.1 cm³/mol. The van der Waals surface area contributed by atoms with Gasteiger partial charge < -0.3 is 10.4 Å². The molecular weight excluding hydrogens is 272 g/mol. The van der Waals surface area contributed by atoms with Crippen molar-refractivity contribution in [1.29, 1.82) is 0 Å². The van der Waals surface area contributed by atoms with Gasteiger partial charge in [-0.05, 0) is 24.3 Å². The van der Waals surface area contributed by atoms with Crippen LogP contribution in [0.3, 0.4) is 0 Å². The number of amides is 1. The summed E-state index contributed by atoms with van der Waals surface area (Å²) in [5.41, 5.74) is 0.544. The van der Waals surface area contributed by atoms with Crippen LogP contribution in [-0.2, 0) is 0 Å². The van der Waals surface area contributed by atoms with Gasteiger partial charge in [0.2, 0.25) is 0 Å². The quantitative estimate of drug-likeness (QED) is 0.514. The Kier molecular flexibility index (Phi) is 3.86. The van der Waals surface area contributed by atoms with Crippen molar-refractivity contribution >= 4 is 17.3 Å². The number of benzene rings is 2. The molecule has 6 nitrogen and oxygen atoms in total. The Hall–Kier alpha value is -3.33. The van der Waals surface area contributed by atoms with E-state index < -0.39 is 10.8 Å². The minimum atomic E-state index is -0.662. The molecule has 2 N–H and O–H groups in total. The Balaban J connectivity index is 2.30. The van der Waals surface area contributed by atoms with Crippen LogP contribution in [0.5, 0.6) is 5.75 Å². The van der Waals surface area contributed by atoms with Gasteiger partial charge in [-0.15, -0.1) is 6.42 Å². The summed E-state index contributed by atoms with van der Waals surface area (Å²) in [6, 6.07) is 9.78. The maximum absolute atomic E-state index is 12.1. The van der Waals surface area contributed by atoms with Gasteiger partial charge in [-0.25, -0.2) is 0 Å². The summed E-state index contributed by atoms with van der Waals surface area (Å²) < 4.78 is 0. The molecule has 0 aliphatic rings. The fraction of sp³-hybridized carbons (Fsp3) is 0. The first kappa shape index (κ1) is 14.1. The van der Waals surface area contributed by atoms with Crippen molar-refractivity contribution in [3.63, 3.8) is 0 Å². The van der Waals surface area contributed by atoms with Gasteiger partial charge in [-0.1, -0.05) is 12.0 Å². The van der Waals surface area contributed by atoms with Gasteiger partial charge in [-0.3, -0.25) is 14.9 Å². The highest BCUT2D eigenvalue weighted by Crippen LogP contribution is 2.24. The first-order valence-corrected chi connectivity index (χ1v) is 5.86. The number of hydrogen-bond donors (Lipinski definition) is 2. The van der Waals surface area contributed by atoms with Gasteiger partial charge in [-0.2, -0.15) is 0 Å². The van der Waals surface area contributed by atoms with Crippen LogP contribution < -0.4 is 5.32 Å². The summed E-state index contributed by atoms with van der Waals surface area (Å²) in [5.74, 6) is 1.42. The van der Waals surface area contributed by atoms with E-state index in [1.54, 1.807) is 24.3 Å². The first-order valence-electron chi connectivity index (χ1n) is 5.86. The SMILES string of the molecule is C#Cc1cccc(NC(=O)c2cc([N+](=O)[O-])ccc2O)c1. The minimum absolute atomic E-state index is 0.185. The van der Waals surface area contributed by atoms with Crippen molar-refractivity contribution in [2.24, 2.45) is 0 Å². The van der Waals surface area contributed by atoms with Gasteiger partial charge in [0.25, 0.3) is 11.6 Å². The maximum atomic E-state index is 12.1. The third-order valence-corrected chi connectivity index (χ3v) is 2.72. The summed E-state index contributed by atoms with van der Waals surface area (Å²) in [6.45, 7) is 0. The molecule has 0 heterocycles. The third kappa shape index (κ3) is 3.16. The highest BCUT2D eigenvalue weighted by atomic mass is 16.6. The van der Waals surface area contributed by atoms with Crippen LogP contribution in [0.1, 0.15) is 15.9 Å². The molecule has 104 valence electrons. The number of hydrogen-bond acceptors (Lipinski definition) is 4. The molecule has 21 heavy (non-hydrogen) atoms. The zero-order chi connectivity index (χ0) is 15.4. The second kappa shape index (κ2) is 5.75. The van der Waals surface area contributed by atoms with E-state index in [9.17, 15) is 20.0 Å². The van der Waals surface area contributed by atoms with E-state index in [1.807, 2.05) is 0 Å². The molecule has 0 bridgehead atoms. The van der Waals surface area contributed by atoms with E-state index in [2.05, 4.69) is 11.2 Å². The number of nitrogens with one attached hydrogen (secondary N) is 1. The van der Waals surface area contributed by atoms with E-state index >= 15 is 0 Å². The van der Waals surface area contributed by atoms with Crippen molar-refractivity contribution in [3.05, 3.63) is 63.7 Å². The Labute approximate surface area is 120 Å². The fourth-order valence-electron chi connectivity index (χ4n) is 1.70. The molecule has 6 heteroatoms. The van der Waals surface area contributed by atoms with Crippen LogP contribution in [-0.4, -0.2) is 15.9 Å². The van der Waals surface area contributed by atoms with Crippen molar-refractivity contribution in [3.8, 4) is 18.1 Å². The van der Waals surface area contributed by atoms with E-state index in [1.165, 1.54) is 0 Å². The molecule has 0 saturated carbocycles. The number of phenolic OH excluding ortho intramolecular Hbond substituents is 1. The van der Waals surface area contributed by atoms with Crippen LogP contribution in [0.25, 0.3) is 0 Å². The Morgan fingerprint density at radius 1 is 1.29 bits per heavy atom. The summed E-state index contributed by atoms with van der Waals surface area (Å²) in [7, 11) is 0. The van der Waals surface area contributed by atoms with Crippen LogP contribution >= 0.6 is 0 Å². The smallest absolute Gasteiger partial charge is 0.270 e. The van der Waals surface area contributed by atoms with Crippen LogP contribution in [0.2, 0.25) is 0 Å². The van der Waals surface area contributed by atoms with Gasteiger partial charge in [0, 0.05) is 23.4 Å². The molecule has 2 aromatic rings. The number of anilines is 1. The minimum Gasteiger partial charge on any atom is -0.507 e. The molecule has 2 rings (SSSR count). The average Bonchev–Trinajstić information content (AvgIpc) is 2.47. The molecule has 0 radical (unpaired) electrons. The monoisotopic (exact) mass is 282 g/mol. The van der Waals surface area contributed by atoms with E-state index in [4.69, 9.17) is 6.42 Å². The Morgan fingerprint density at radius 3 is 2.71 bits per heavy atom. The summed E-state index contributed by atoms with van der Waals surface area (Å²) in [5, 5.41) is 22.9. The normalized spacial score (nSPS) is 9.67. The van der Waals surface area contributed by atoms with Gasteiger partial charge in [0.05, 0.1) is 10.5 Å². The topological polar surface area (TPSA) is 92.5 Å². The zero-order valence-electron chi connectivity index (χ0n) is 10.7.